The molecule has 18 heavy (non-hydrogen) atoms. The second-order valence-electron chi connectivity index (χ2n) is 4.77. The maximum atomic E-state index is 3.27. The number of benzene rings is 2. The fourth-order valence-corrected chi connectivity index (χ4v) is 2.50. The highest BCUT2D eigenvalue weighted by Gasteiger charge is 2.02. The molecule has 3 rings (SSSR count). The van der Waals surface area contributed by atoms with E-state index in [9.17, 15) is 0 Å². The highest BCUT2D eigenvalue weighted by molar-refractivity contribution is 5.84. The van der Waals surface area contributed by atoms with E-state index in [1.807, 2.05) is 6.20 Å². The molecule has 0 saturated heterocycles. The normalized spacial score (nSPS) is 11.0. The van der Waals surface area contributed by atoms with Gasteiger partial charge in [-0.1, -0.05) is 37.3 Å². The standard InChI is InChI=1S/C17H17N/c1-3-13-4-6-15(10-12(13)2)16-7-5-14-8-9-18-17(14)11-16/h4-11,18H,3H2,1-2H3. The molecule has 2 aromatic carbocycles. The molecule has 90 valence electrons. The molecule has 0 spiro atoms. The maximum Gasteiger partial charge on any atom is 0.0460 e. The first-order valence-corrected chi connectivity index (χ1v) is 6.45. The number of fused-ring (bicyclic) bond motifs is 1. The Morgan fingerprint density at radius 1 is 0.944 bits per heavy atom. The van der Waals surface area contributed by atoms with E-state index >= 15 is 0 Å². The van der Waals surface area contributed by atoms with Gasteiger partial charge in [0.1, 0.15) is 0 Å². The van der Waals surface area contributed by atoms with Gasteiger partial charge in [0.25, 0.3) is 0 Å². The van der Waals surface area contributed by atoms with Gasteiger partial charge in [0.15, 0.2) is 0 Å². The van der Waals surface area contributed by atoms with Crippen molar-refractivity contribution in [1.82, 2.24) is 4.98 Å². The Bertz CT molecular complexity index is 692. The van der Waals surface area contributed by atoms with Crippen molar-refractivity contribution in [1.29, 1.82) is 0 Å². The Balaban J connectivity index is 2.10. The molecule has 0 atom stereocenters. The van der Waals surface area contributed by atoms with Crippen LogP contribution in [0.15, 0.2) is 48.7 Å². The van der Waals surface area contributed by atoms with Gasteiger partial charge in [-0.15, -0.1) is 0 Å². The van der Waals surface area contributed by atoms with Crippen LogP contribution in [0.1, 0.15) is 18.1 Å². The fourth-order valence-electron chi connectivity index (χ4n) is 2.50. The van der Waals surface area contributed by atoms with E-state index in [1.165, 1.54) is 33.2 Å². The minimum absolute atomic E-state index is 1.10. The number of H-pyrrole nitrogens is 1. The van der Waals surface area contributed by atoms with Gasteiger partial charge < -0.3 is 4.98 Å². The molecule has 1 heterocycles. The lowest BCUT2D eigenvalue weighted by Gasteiger charge is -2.07. The van der Waals surface area contributed by atoms with Crippen molar-refractivity contribution in [3.63, 3.8) is 0 Å². The largest absolute Gasteiger partial charge is 0.361 e. The molecule has 0 saturated carbocycles. The van der Waals surface area contributed by atoms with Gasteiger partial charge in [-0.3, -0.25) is 0 Å². The zero-order valence-electron chi connectivity index (χ0n) is 10.8. The molecule has 0 unspecified atom stereocenters. The molecule has 1 heteroatoms. The summed E-state index contributed by atoms with van der Waals surface area (Å²) in [7, 11) is 0. The van der Waals surface area contributed by atoms with E-state index in [4.69, 9.17) is 0 Å². The minimum atomic E-state index is 1.10. The third kappa shape index (κ3) is 1.82. The number of nitrogens with one attached hydrogen (secondary N) is 1. The summed E-state index contributed by atoms with van der Waals surface area (Å²) >= 11 is 0. The zero-order valence-corrected chi connectivity index (χ0v) is 10.8. The molecule has 0 aliphatic heterocycles. The first-order valence-electron chi connectivity index (χ1n) is 6.45. The van der Waals surface area contributed by atoms with Gasteiger partial charge in [0, 0.05) is 11.7 Å². The van der Waals surface area contributed by atoms with Crippen molar-refractivity contribution in [3.05, 3.63) is 59.8 Å². The van der Waals surface area contributed by atoms with E-state index in [0.29, 0.717) is 0 Å². The SMILES string of the molecule is CCc1ccc(-c2ccc3cc[nH]c3c2)cc1C. The van der Waals surface area contributed by atoms with Crippen LogP contribution in [0, 0.1) is 6.92 Å². The summed E-state index contributed by atoms with van der Waals surface area (Å²) in [6.45, 7) is 4.39. The summed E-state index contributed by atoms with van der Waals surface area (Å²) in [5.74, 6) is 0. The Hall–Kier alpha value is -2.02. The van der Waals surface area contributed by atoms with Crippen LogP contribution in [-0.4, -0.2) is 4.98 Å². The van der Waals surface area contributed by atoms with Crippen LogP contribution in [0.25, 0.3) is 22.0 Å². The zero-order chi connectivity index (χ0) is 12.5. The van der Waals surface area contributed by atoms with Crippen molar-refractivity contribution in [3.8, 4) is 11.1 Å². The van der Waals surface area contributed by atoms with Crippen LogP contribution < -0.4 is 0 Å². The average Bonchev–Trinajstić information content (AvgIpc) is 2.85. The van der Waals surface area contributed by atoms with E-state index < -0.39 is 0 Å². The van der Waals surface area contributed by atoms with Crippen LogP contribution in [0.4, 0.5) is 0 Å². The molecule has 1 N–H and O–H groups in total. The van der Waals surface area contributed by atoms with Gasteiger partial charge in [-0.2, -0.15) is 0 Å². The molecular formula is C17H17N. The Labute approximate surface area is 107 Å². The summed E-state index contributed by atoms with van der Waals surface area (Å²) < 4.78 is 0. The molecule has 1 aromatic heterocycles. The van der Waals surface area contributed by atoms with Gasteiger partial charge in [0.05, 0.1) is 0 Å². The molecule has 0 aliphatic rings. The van der Waals surface area contributed by atoms with Crippen LogP contribution in [0.2, 0.25) is 0 Å². The highest BCUT2D eigenvalue weighted by atomic mass is 14.7. The monoisotopic (exact) mass is 235 g/mol. The van der Waals surface area contributed by atoms with E-state index in [1.54, 1.807) is 0 Å². The predicted octanol–water partition coefficient (Wildman–Crippen LogP) is 4.71. The number of aryl methyl sites for hydroxylation is 2. The third-order valence-electron chi connectivity index (χ3n) is 3.61. The number of rotatable bonds is 2. The lowest BCUT2D eigenvalue weighted by Crippen LogP contribution is -1.87. The second-order valence-corrected chi connectivity index (χ2v) is 4.77. The highest BCUT2D eigenvalue weighted by Crippen LogP contribution is 2.25. The van der Waals surface area contributed by atoms with Gasteiger partial charge in [-0.25, -0.2) is 0 Å². The van der Waals surface area contributed by atoms with Crippen LogP contribution >= 0.6 is 0 Å². The topological polar surface area (TPSA) is 15.8 Å². The summed E-state index contributed by atoms with van der Waals surface area (Å²) in [5.41, 5.74) is 6.57. The molecule has 0 fully saturated rings. The first kappa shape index (κ1) is 11.1. The predicted molar refractivity (Wildman–Crippen MR) is 77.8 cm³/mol. The van der Waals surface area contributed by atoms with Crippen molar-refractivity contribution in [2.75, 3.05) is 0 Å². The number of aromatic amines is 1. The van der Waals surface area contributed by atoms with Gasteiger partial charge in [0.2, 0.25) is 0 Å². The Kier molecular flexibility index (Phi) is 2.67. The number of hydrogen-bond acceptors (Lipinski definition) is 0. The number of hydrogen-bond donors (Lipinski definition) is 1. The van der Waals surface area contributed by atoms with Crippen molar-refractivity contribution in [2.45, 2.75) is 20.3 Å². The Morgan fingerprint density at radius 3 is 2.50 bits per heavy atom. The summed E-state index contributed by atoms with van der Waals surface area (Å²) in [6, 6.07) is 15.4. The molecule has 0 bridgehead atoms. The van der Waals surface area contributed by atoms with E-state index in [2.05, 4.69) is 61.3 Å². The van der Waals surface area contributed by atoms with Crippen LogP contribution in [0.3, 0.4) is 0 Å². The lowest BCUT2D eigenvalue weighted by atomic mass is 9.98. The molecule has 3 aromatic rings. The van der Waals surface area contributed by atoms with E-state index in [0.717, 1.165) is 6.42 Å². The molecule has 0 radical (unpaired) electrons. The van der Waals surface area contributed by atoms with Gasteiger partial charge in [-0.05, 0) is 53.1 Å². The van der Waals surface area contributed by atoms with Crippen molar-refractivity contribution >= 4 is 10.9 Å². The van der Waals surface area contributed by atoms with Gasteiger partial charge >= 0.3 is 0 Å². The lowest BCUT2D eigenvalue weighted by molar-refractivity contribution is 1.11. The fraction of sp³-hybridized carbons (Fsp3) is 0.176. The molecule has 0 aliphatic carbocycles. The smallest absolute Gasteiger partial charge is 0.0460 e. The van der Waals surface area contributed by atoms with Crippen LogP contribution in [-0.2, 0) is 6.42 Å². The second kappa shape index (κ2) is 4.34. The van der Waals surface area contributed by atoms with E-state index in [-0.39, 0.29) is 0 Å². The average molecular weight is 235 g/mol. The molecular weight excluding hydrogens is 218 g/mol. The Morgan fingerprint density at radius 2 is 1.72 bits per heavy atom. The summed E-state index contributed by atoms with van der Waals surface area (Å²) in [5, 5.41) is 1.26. The third-order valence-corrected chi connectivity index (χ3v) is 3.61. The van der Waals surface area contributed by atoms with Crippen molar-refractivity contribution in [2.24, 2.45) is 0 Å². The number of aromatic nitrogens is 1. The maximum absolute atomic E-state index is 3.27. The first-order chi connectivity index (χ1) is 8.78. The molecule has 1 nitrogen and oxygen atoms in total. The minimum Gasteiger partial charge on any atom is -0.361 e. The van der Waals surface area contributed by atoms with Crippen molar-refractivity contribution < 1.29 is 0 Å². The summed E-state index contributed by atoms with van der Waals surface area (Å²) in [6.07, 6.45) is 3.08. The van der Waals surface area contributed by atoms with Crippen LogP contribution in [0.5, 0.6) is 0 Å². The quantitative estimate of drug-likeness (QED) is 0.662. The molecule has 0 amide bonds. The summed E-state index contributed by atoms with van der Waals surface area (Å²) in [4.78, 5) is 3.27.